The topological polar surface area (TPSA) is 92.7 Å². The lowest BCUT2D eigenvalue weighted by Crippen LogP contribution is -2.40. The number of halogens is 1. The second-order valence-electron chi connectivity index (χ2n) is 4.10. The highest BCUT2D eigenvalue weighted by Gasteiger charge is 2.26. The van der Waals surface area contributed by atoms with E-state index < -0.39 is 22.0 Å². The molecule has 0 radical (unpaired) electrons. The van der Waals surface area contributed by atoms with E-state index in [1.807, 2.05) is 0 Å². The number of methoxy groups -OCH3 is 1. The maximum atomic E-state index is 12.2. The summed E-state index contributed by atoms with van der Waals surface area (Å²) in [6.07, 6.45) is 0.783. The van der Waals surface area contributed by atoms with E-state index in [4.69, 9.17) is 9.84 Å². The van der Waals surface area contributed by atoms with Gasteiger partial charge in [0.15, 0.2) is 0 Å². The normalized spacial score (nSPS) is 12.9. The van der Waals surface area contributed by atoms with Crippen molar-refractivity contribution in [1.29, 1.82) is 0 Å². The minimum atomic E-state index is -3.92. The molecule has 0 saturated carbocycles. The van der Waals surface area contributed by atoms with Gasteiger partial charge >= 0.3 is 5.97 Å². The molecule has 0 aliphatic heterocycles. The van der Waals surface area contributed by atoms with Crippen LogP contribution >= 0.6 is 15.9 Å². The van der Waals surface area contributed by atoms with Gasteiger partial charge in [-0.15, -0.1) is 0 Å². The molecule has 6 nitrogen and oxygen atoms in total. The van der Waals surface area contributed by atoms with Crippen LogP contribution in [-0.2, 0) is 14.8 Å². The number of nitrogens with one attached hydrogen (secondary N) is 1. The first-order chi connectivity index (χ1) is 9.31. The Labute approximate surface area is 126 Å². The maximum absolute atomic E-state index is 12.2. The van der Waals surface area contributed by atoms with E-state index in [2.05, 4.69) is 20.7 Å². The molecule has 2 N–H and O–H groups in total. The van der Waals surface area contributed by atoms with Crippen LogP contribution in [0.15, 0.2) is 27.6 Å². The van der Waals surface area contributed by atoms with Crippen molar-refractivity contribution in [3.8, 4) is 5.75 Å². The van der Waals surface area contributed by atoms with Gasteiger partial charge < -0.3 is 9.84 Å². The van der Waals surface area contributed by atoms with Crippen molar-refractivity contribution in [1.82, 2.24) is 4.72 Å². The summed E-state index contributed by atoms with van der Waals surface area (Å²) < 4.78 is 31.9. The number of hydrogen-bond donors (Lipinski definition) is 2. The number of carboxylic acids is 1. The van der Waals surface area contributed by atoms with Crippen molar-refractivity contribution in [3.05, 3.63) is 22.7 Å². The van der Waals surface area contributed by atoms with Crippen molar-refractivity contribution in [3.63, 3.8) is 0 Å². The van der Waals surface area contributed by atoms with Crippen LogP contribution in [0, 0.1) is 0 Å². The van der Waals surface area contributed by atoms with Gasteiger partial charge in [-0.25, -0.2) is 8.42 Å². The molecule has 0 heterocycles. The summed E-state index contributed by atoms with van der Waals surface area (Å²) in [4.78, 5) is 11.0. The molecule has 1 rings (SSSR count). The largest absolute Gasteiger partial charge is 0.497 e. The first-order valence-electron chi connectivity index (χ1n) is 5.90. The van der Waals surface area contributed by atoms with Gasteiger partial charge in [0.05, 0.1) is 12.0 Å². The first-order valence-corrected chi connectivity index (χ1v) is 8.18. The number of sulfonamides is 1. The highest BCUT2D eigenvalue weighted by atomic mass is 79.9. The van der Waals surface area contributed by atoms with Crippen LogP contribution in [0.25, 0.3) is 0 Å². The number of rotatable bonds is 7. The molecule has 0 aliphatic carbocycles. The molecule has 1 aromatic rings. The molecule has 1 atom stereocenters. The Bertz CT molecular complexity index is 588. The predicted molar refractivity (Wildman–Crippen MR) is 77.3 cm³/mol. The first kappa shape index (κ1) is 16.9. The Morgan fingerprint density at radius 2 is 2.15 bits per heavy atom. The lowest BCUT2D eigenvalue weighted by atomic mass is 10.2. The third-order valence-electron chi connectivity index (χ3n) is 2.60. The molecule has 0 bridgehead atoms. The van der Waals surface area contributed by atoms with E-state index in [1.54, 1.807) is 6.92 Å². The molecule has 8 heteroatoms. The smallest absolute Gasteiger partial charge is 0.321 e. The van der Waals surface area contributed by atoms with Crippen LogP contribution in [0.5, 0.6) is 5.75 Å². The third-order valence-corrected chi connectivity index (χ3v) is 5.05. The zero-order chi connectivity index (χ0) is 15.3. The van der Waals surface area contributed by atoms with Crippen molar-refractivity contribution in [2.75, 3.05) is 7.11 Å². The number of benzene rings is 1. The van der Waals surface area contributed by atoms with Gasteiger partial charge in [0.1, 0.15) is 11.8 Å². The van der Waals surface area contributed by atoms with Gasteiger partial charge in [-0.1, -0.05) is 13.3 Å². The van der Waals surface area contributed by atoms with Gasteiger partial charge in [-0.2, -0.15) is 4.72 Å². The van der Waals surface area contributed by atoms with E-state index in [1.165, 1.54) is 25.3 Å². The monoisotopic (exact) mass is 365 g/mol. The van der Waals surface area contributed by atoms with Crippen molar-refractivity contribution < 1.29 is 23.1 Å². The van der Waals surface area contributed by atoms with E-state index in [0.29, 0.717) is 16.6 Å². The molecular formula is C12H16BrNO5S. The van der Waals surface area contributed by atoms with Crippen LogP contribution in [0.2, 0.25) is 0 Å². The van der Waals surface area contributed by atoms with E-state index in [0.717, 1.165) is 0 Å². The number of ether oxygens (including phenoxy) is 1. The summed E-state index contributed by atoms with van der Waals surface area (Å²) in [5, 5.41) is 9.01. The fourth-order valence-electron chi connectivity index (χ4n) is 1.60. The summed E-state index contributed by atoms with van der Waals surface area (Å²) in [5.41, 5.74) is 0. The SMILES string of the molecule is CCCC(NS(=O)(=O)c1ccc(OC)cc1Br)C(=O)O. The summed E-state index contributed by atoms with van der Waals surface area (Å²) >= 11 is 3.14. The van der Waals surface area contributed by atoms with Gasteiger partial charge in [0, 0.05) is 4.47 Å². The average molecular weight is 366 g/mol. The van der Waals surface area contributed by atoms with Gasteiger partial charge in [-0.05, 0) is 40.5 Å². The molecule has 0 spiro atoms. The fraction of sp³-hybridized carbons (Fsp3) is 0.417. The Hall–Kier alpha value is -1.12. The highest BCUT2D eigenvalue weighted by molar-refractivity contribution is 9.10. The summed E-state index contributed by atoms with van der Waals surface area (Å²) in [7, 11) is -2.45. The molecule has 0 aromatic heterocycles. The minimum absolute atomic E-state index is 0.0272. The maximum Gasteiger partial charge on any atom is 0.321 e. The average Bonchev–Trinajstić information content (AvgIpc) is 2.37. The highest BCUT2D eigenvalue weighted by Crippen LogP contribution is 2.26. The lowest BCUT2D eigenvalue weighted by molar-refractivity contribution is -0.139. The van der Waals surface area contributed by atoms with Crippen LogP contribution in [0.3, 0.4) is 0 Å². The molecule has 0 fully saturated rings. The zero-order valence-electron chi connectivity index (χ0n) is 11.1. The fourth-order valence-corrected chi connectivity index (χ4v) is 3.88. The van der Waals surface area contributed by atoms with Crippen LogP contribution < -0.4 is 9.46 Å². The number of carbonyl (C=O) groups is 1. The molecule has 112 valence electrons. The van der Waals surface area contributed by atoms with E-state index in [9.17, 15) is 13.2 Å². The second-order valence-corrected chi connectivity index (χ2v) is 6.63. The van der Waals surface area contributed by atoms with Gasteiger partial charge in [-0.3, -0.25) is 4.79 Å². The Kier molecular flexibility index (Phi) is 5.97. The molecule has 0 saturated heterocycles. The molecule has 0 aliphatic rings. The third kappa shape index (κ3) is 4.19. The predicted octanol–water partition coefficient (Wildman–Crippen LogP) is 1.99. The molecular weight excluding hydrogens is 350 g/mol. The molecule has 20 heavy (non-hydrogen) atoms. The molecule has 1 unspecified atom stereocenters. The Morgan fingerprint density at radius 1 is 1.50 bits per heavy atom. The standard InChI is InChI=1S/C12H16BrNO5S/c1-3-4-10(12(15)16)14-20(17,18)11-6-5-8(19-2)7-9(11)13/h5-7,10,14H,3-4H2,1-2H3,(H,15,16). The van der Waals surface area contributed by atoms with Crippen LogP contribution in [0.1, 0.15) is 19.8 Å². The van der Waals surface area contributed by atoms with Crippen molar-refractivity contribution in [2.24, 2.45) is 0 Å². The molecule has 0 amide bonds. The number of hydrogen-bond acceptors (Lipinski definition) is 4. The van der Waals surface area contributed by atoms with E-state index >= 15 is 0 Å². The Balaban J connectivity index is 3.07. The second kappa shape index (κ2) is 7.05. The van der Waals surface area contributed by atoms with Gasteiger partial charge in [0.25, 0.3) is 0 Å². The zero-order valence-corrected chi connectivity index (χ0v) is 13.5. The number of aliphatic carboxylic acids is 1. The van der Waals surface area contributed by atoms with Crippen molar-refractivity contribution >= 4 is 31.9 Å². The summed E-state index contributed by atoms with van der Waals surface area (Å²) in [6, 6.07) is 3.22. The lowest BCUT2D eigenvalue weighted by Gasteiger charge is -2.15. The van der Waals surface area contributed by atoms with Crippen LogP contribution in [-0.4, -0.2) is 32.6 Å². The quantitative estimate of drug-likeness (QED) is 0.770. The summed E-state index contributed by atoms with van der Waals surface area (Å²) in [6.45, 7) is 1.79. The molecule has 1 aromatic carbocycles. The van der Waals surface area contributed by atoms with E-state index in [-0.39, 0.29) is 11.3 Å². The minimum Gasteiger partial charge on any atom is -0.497 e. The van der Waals surface area contributed by atoms with Crippen molar-refractivity contribution in [2.45, 2.75) is 30.7 Å². The Morgan fingerprint density at radius 3 is 2.60 bits per heavy atom. The summed E-state index contributed by atoms with van der Waals surface area (Å²) in [5.74, 6) is -0.695. The van der Waals surface area contributed by atoms with Crippen LogP contribution in [0.4, 0.5) is 0 Å². The number of carboxylic acid groups (broad SMARTS) is 1. The van der Waals surface area contributed by atoms with Gasteiger partial charge in [0.2, 0.25) is 10.0 Å².